The number of aryl methyl sites for hydroxylation is 1. The molecule has 3 N–H and O–H groups in total. The minimum atomic E-state index is -0.315. The Labute approximate surface area is 133 Å². The van der Waals surface area contributed by atoms with Crippen LogP contribution in [-0.2, 0) is 11.2 Å². The Bertz CT molecular complexity index is 698. The predicted octanol–water partition coefficient (Wildman–Crippen LogP) is 3.59. The molecule has 0 aromatic heterocycles. The molecule has 0 aliphatic rings. The first-order valence-electron chi connectivity index (χ1n) is 6.79. The zero-order chi connectivity index (χ0) is 16.1. The first-order valence-corrected chi connectivity index (χ1v) is 7.78. The number of ketones is 1. The molecule has 0 aliphatic heterocycles. The van der Waals surface area contributed by atoms with E-state index < -0.39 is 0 Å². The lowest BCUT2D eigenvalue weighted by molar-refractivity contribution is -0.115. The maximum atomic E-state index is 12.8. The molecule has 0 heterocycles. The zero-order valence-electron chi connectivity index (χ0n) is 12.2. The largest absolute Gasteiger partial charge is 0.398 e. The standard InChI is InChI=1S/C17H17FN2OS/c1-11-2-5-13(9-16(11)19)17(20)22-10-15(21)8-12-3-6-14(18)7-4-12/h2-7,9,20H,8,10,19H2,1H3. The van der Waals surface area contributed by atoms with E-state index in [9.17, 15) is 9.18 Å². The number of benzene rings is 2. The van der Waals surface area contributed by atoms with Crippen molar-refractivity contribution in [2.75, 3.05) is 11.5 Å². The molecule has 3 nitrogen and oxygen atoms in total. The number of nitrogen functional groups attached to an aromatic ring is 1. The fourth-order valence-electron chi connectivity index (χ4n) is 1.90. The molecule has 0 saturated heterocycles. The minimum Gasteiger partial charge on any atom is -0.398 e. The van der Waals surface area contributed by atoms with Gasteiger partial charge in [-0.15, -0.1) is 0 Å². The van der Waals surface area contributed by atoms with Gasteiger partial charge in [-0.3, -0.25) is 10.2 Å². The van der Waals surface area contributed by atoms with Crippen molar-refractivity contribution in [1.29, 1.82) is 5.41 Å². The van der Waals surface area contributed by atoms with Crippen molar-refractivity contribution >= 4 is 28.3 Å². The highest BCUT2D eigenvalue weighted by Gasteiger charge is 2.09. The van der Waals surface area contributed by atoms with E-state index in [4.69, 9.17) is 11.1 Å². The van der Waals surface area contributed by atoms with E-state index in [0.29, 0.717) is 16.3 Å². The molecule has 0 spiro atoms. The topological polar surface area (TPSA) is 66.9 Å². The van der Waals surface area contributed by atoms with Gasteiger partial charge in [0, 0.05) is 17.7 Å². The smallest absolute Gasteiger partial charge is 0.147 e. The Morgan fingerprint density at radius 3 is 2.55 bits per heavy atom. The maximum Gasteiger partial charge on any atom is 0.147 e. The predicted molar refractivity (Wildman–Crippen MR) is 90.0 cm³/mol. The molecule has 0 saturated carbocycles. The SMILES string of the molecule is Cc1ccc(C(=N)SCC(=O)Cc2ccc(F)cc2)cc1N. The number of carbonyl (C=O) groups excluding carboxylic acids is 1. The average molecular weight is 316 g/mol. The second kappa shape index (κ2) is 7.22. The van der Waals surface area contributed by atoms with Crippen molar-refractivity contribution in [1.82, 2.24) is 0 Å². The fourth-order valence-corrected chi connectivity index (χ4v) is 2.60. The van der Waals surface area contributed by atoms with Gasteiger partial charge in [0.1, 0.15) is 11.6 Å². The van der Waals surface area contributed by atoms with E-state index in [1.165, 1.54) is 23.9 Å². The summed E-state index contributed by atoms with van der Waals surface area (Å²) in [5, 5.41) is 8.32. The van der Waals surface area contributed by atoms with Gasteiger partial charge in [-0.1, -0.05) is 36.0 Å². The van der Waals surface area contributed by atoms with Crippen molar-refractivity contribution in [2.45, 2.75) is 13.3 Å². The van der Waals surface area contributed by atoms with Gasteiger partial charge >= 0.3 is 0 Å². The number of Topliss-reactive ketones (excluding diaryl/α,β-unsaturated/α-hetero) is 1. The molecule has 2 aromatic rings. The Morgan fingerprint density at radius 2 is 1.91 bits per heavy atom. The number of thioether (sulfide) groups is 1. The number of carbonyl (C=O) groups is 1. The molecule has 0 radical (unpaired) electrons. The van der Waals surface area contributed by atoms with Crippen LogP contribution in [-0.4, -0.2) is 16.6 Å². The third-order valence-electron chi connectivity index (χ3n) is 3.23. The molecule has 22 heavy (non-hydrogen) atoms. The summed E-state index contributed by atoms with van der Waals surface area (Å²) in [6.07, 6.45) is 0.247. The van der Waals surface area contributed by atoms with Gasteiger partial charge in [0.25, 0.3) is 0 Å². The highest BCUT2D eigenvalue weighted by atomic mass is 32.2. The summed E-state index contributed by atoms with van der Waals surface area (Å²) in [4.78, 5) is 11.9. The normalized spacial score (nSPS) is 10.5. The number of nitrogens with two attached hydrogens (primary N) is 1. The van der Waals surface area contributed by atoms with E-state index >= 15 is 0 Å². The molecule has 0 fully saturated rings. The van der Waals surface area contributed by atoms with Crippen molar-refractivity contribution in [3.05, 3.63) is 65.0 Å². The molecular weight excluding hydrogens is 299 g/mol. The molecule has 114 valence electrons. The van der Waals surface area contributed by atoms with Gasteiger partial charge in [0.15, 0.2) is 0 Å². The summed E-state index contributed by atoms with van der Waals surface area (Å²) in [5.74, 6) is -0.102. The van der Waals surface area contributed by atoms with Crippen molar-refractivity contribution in [2.24, 2.45) is 0 Å². The van der Waals surface area contributed by atoms with Crippen LogP contribution < -0.4 is 5.73 Å². The maximum absolute atomic E-state index is 12.8. The van der Waals surface area contributed by atoms with Crippen LogP contribution in [0.1, 0.15) is 16.7 Å². The molecular formula is C17H17FN2OS. The van der Waals surface area contributed by atoms with Gasteiger partial charge < -0.3 is 5.73 Å². The monoisotopic (exact) mass is 316 g/mol. The second-order valence-electron chi connectivity index (χ2n) is 5.03. The van der Waals surface area contributed by atoms with Gasteiger partial charge in [0.2, 0.25) is 0 Å². The van der Waals surface area contributed by atoms with Gasteiger partial charge in [-0.2, -0.15) is 0 Å². The second-order valence-corrected chi connectivity index (χ2v) is 6.02. The van der Waals surface area contributed by atoms with Crippen molar-refractivity contribution in [3.8, 4) is 0 Å². The summed E-state index contributed by atoms with van der Waals surface area (Å²) in [6, 6.07) is 11.3. The highest BCUT2D eigenvalue weighted by Crippen LogP contribution is 2.18. The Kier molecular flexibility index (Phi) is 5.33. The Morgan fingerprint density at radius 1 is 1.23 bits per heavy atom. The summed E-state index contributed by atoms with van der Waals surface area (Å²) in [7, 11) is 0. The molecule has 0 aliphatic carbocycles. The number of nitrogens with one attached hydrogen (secondary N) is 1. The van der Waals surface area contributed by atoms with E-state index in [1.807, 2.05) is 19.1 Å². The van der Waals surface area contributed by atoms with Crippen LogP contribution in [0.5, 0.6) is 0 Å². The summed E-state index contributed by atoms with van der Waals surface area (Å²) in [5.41, 5.74) is 8.92. The number of hydrogen-bond donors (Lipinski definition) is 2. The van der Waals surface area contributed by atoms with Crippen LogP contribution in [0.4, 0.5) is 10.1 Å². The van der Waals surface area contributed by atoms with Crippen LogP contribution >= 0.6 is 11.8 Å². The number of anilines is 1. The van der Waals surface area contributed by atoms with Crippen LogP contribution in [0.2, 0.25) is 0 Å². The number of halogens is 1. The lowest BCUT2D eigenvalue weighted by atomic mass is 10.1. The quantitative estimate of drug-likeness (QED) is 0.503. The molecule has 0 amide bonds. The van der Waals surface area contributed by atoms with Crippen LogP contribution in [0, 0.1) is 18.2 Å². The zero-order valence-corrected chi connectivity index (χ0v) is 13.0. The lowest BCUT2D eigenvalue weighted by Gasteiger charge is -2.06. The first-order chi connectivity index (χ1) is 10.5. The molecule has 0 bridgehead atoms. The summed E-state index contributed by atoms with van der Waals surface area (Å²) >= 11 is 1.18. The van der Waals surface area contributed by atoms with Crippen LogP contribution in [0.15, 0.2) is 42.5 Å². The lowest BCUT2D eigenvalue weighted by Crippen LogP contribution is -2.08. The minimum absolute atomic E-state index is 0.00133. The highest BCUT2D eigenvalue weighted by molar-refractivity contribution is 8.14. The summed E-state index contributed by atoms with van der Waals surface area (Å²) < 4.78 is 12.8. The van der Waals surface area contributed by atoms with E-state index in [-0.39, 0.29) is 23.8 Å². The molecule has 0 unspecified atom stereocenters. The van der Waals surface area contributed by atoms with Crippen molar-refractivity contribution in [3.63, 3.8) is 0 Å². The Hall–Kier alpha value is -2.14. The Balaban J connectivity index is 1.88. The molecule has 5 heteroatoms. The van der Waals surface area contributed by atoms with E-state index in [2.05, 4.69) is 0 Å². The fraction of sp³-hybridized carbons (Fsp3) is 0.176. The molecule has 2 rings (SSSR count). The first kappa shape index (κ1) is 16.2. The molecule has 0 atom stereocenters. The van der Waals surface area contributed by atoms with Crippen molar-refractivity contribution < 1.29 is 9.18 Å². The van der Waals surface area contributed by atoms with Crippen LogP contribution in [0.25, 0.3) is 0 Å². The van der Waals surface area contributed by atoms with Gasteiger partial charge in [-0.25, -0.2) is 4.39 Å². The van der Waals surface area contributed by atoms with E-state index in [0.717, 1.165) is 11.1 Å². The summed E-state index contributed by atoms with van der Waals surface area (Å²) in [6.45, 7) is 1.90. The van der Waals surface area contributed by atoms with E-state index in [1.54, 1.807) is 18.2 Å². The third kappa shape index (κ3) is 4.43. The number of rotatable bonds is 5. The average Bonchev–Trinajstić information content (AvgIpc) is 2.50. The van der Waals surface area contributed by atoms with Gasteiger partial charge in [0.05, 0.1) is 10.8 Å². The van der Waals surface area contributed by atoms with Crippen LogP contribution in [0.3, 0.4) is 0 Å². The molecule has 2 aromatic carbocycles. The third-order valence-corrected chi connectivity index (χ3v) is 4.22. The van der Waals surface area contributed by atoms with Gasteiger partial charge in [-0.05, 0) is 36.2 Å². The number of hydrogen-bond acceptors (Lipinski definition) is 4.